The van der Waals surface area contributed by atoms with Crippen molar-refractivity contribution < 1.29 is 93.0 Å². The lowest BCUT2D eigenvalue weighted by molar-refractivity contribution is -0.146. The van der Waals surface area contributed by atoms with Crippen LogP contribution in [0.5, 0.6) is 0 Å². The summed E-state index contributed by atoms with van der Waals surface area (Å²) < 4.78 is 0. The number of nitrogens with two attached hydrogens (primary N) is 2. The van der Waals surface area contributed by atoms with Crippen LogP contribution < -0.4 is 54.0 Å². The van der Waals surface area contributed by atoms with Crippen molar-refractivity contribution in [2.45, 2.75) is 191 Å². The number of hydrogen-bond acceptors (Lipinski definition) is 19. The molecule has 0 unspecified atom stereocenters. The van der Waals surface area contributed by atoms with Crippen LogP contribution in [0.25, 0.3) is 0 Å². The molecular formula is C52H87N13O19. The van der Waals surface area contributed by atoms with Crippen LogP contribution in [0.2, 0.25) is 0 Å². The van der Waals surface area contributed by atoms with Gasteiger partial charge in [0.1, 0.15) is 72.5 Å². The number of nitrogens with zero attached hydrogens (tertiary/aromatic N) is 3. The molecule has 0 aliphatic carbocycles. The van der Waals surface area contributed by atoms with E-state index in [0.717, 1.165) is 14.7 Å². The van der Waals surface area contributed by atoms with Gasteiger partial charge in [-0.25, -0.2) is 4.79 Å². The maximum Gasteiger partial charge on any atom is 0.326 e. The van der Waals surface area contributed by atoms with Crippen LogP contribution in [-0.2, 0) is 62.3 Å². The quantitative estimate of drug-likeness (QED) is 0.0272. The Morgan fingerprint density at radius 2 is 0.869 bits per heavy atom. The zero-order valence-corrected chi connectivity index (χ0v) is 48.4. The summed E-state index contributed by atoms with van der Waals surface area (Å²) in [5.74, 6) is -13.5. The number of hydrogen-bond donors (Lipinski definition) is 16. The van der Waals surface area contributed by atoms with E-state index in [1.807, 2.05) is 0 Å². The Morgan fingerprint density at radius 3 is 1.27 bits per heavy atom. The number of aliphatic hydroxyl groups is 4. The summed E-state index contributed by atoms with van der Waals surface area (Å²) in [6, 6.07) is -16.8. The molecule has 0 radical (unpaired) electrons. The number of nitrogens with one attached hydrogen (secondary N) is 8. The standard InChI is InChI=1S/C52H87N13O19/c1-25(2)39(61-43(74)30(16-17-37(70)71)57-47(78)38(54)28(6)69)48(79)60-33(24-68)51(82)64-20-10-14-35(64)45(76)56-29(12-7-8-18-53)42(73)59-32(23-67)50(81)63-19-9-13-34(63)44(75)55-27(5)41(72)58-31(22-66)49(80)65-21-11-15-36(65)46(77)62-40(26(3)4)52(83)84/h25-36,38-40,66-69H,7-24,53-54H2,1-6H3,(H,55,75)(H,56,76)(H,57,78)(H,58,72)(H,59,73)(H,60,79)(H,61,74)(H,62,77)(H,70,71)(H,83,84)/t27-,28+,29-,30-,31-,32-,33-,34-,35-,36-,38-,39-,40-/m0/s1. The highest BCUT2D eigenvalue weighted by Crippen LogP contribution is 2.23. The molecule has 3 heterocycles. The number of likely N-dealkylation sites (tertiary alicyclic amines) is 3. The zero-order valence-electron chi connectivity index (χ0n) is 48.4. The van der Waals surface area contributed by atoms with Gasteiger partial charge in [0.2, 0.25) is 65.0 Å². The van der Waals surface area contributed by atoms with Gasteiger partial charge in [0.15, 0.2) is 0 Å². The second-order valence-electron chi connectivity index (χ2n) is 21.9. The molecule has 3 aliphatic heterocycles. The third-order valence-corrected chi connectivity index (χ3v) is 14.8. The highest BCUT2D eigenvalue weighted by molar-refractivity contribution is 6.00. The van der Waals surface area contributed by atoms with E-state index in [-0.39, 0.29) is 71.1 Å². The van der Waals surface area contributed by atoms with Gasteiger partial charge >= 0.3 is 11.9 Å². The molecule has 0 bridgehead atoms. The second-order valence-corrected chi connectivity index (χ2v) is 21.9. The molecule has 11 amide bonds. The van der Waals surface area contributed by atoms with E-state index in [4.69, 9.17) is 11.5 Å². The number of unbranched alkanes of at least 4 members (excludes halogenated alkanes) is 1. The normalized spacial score (nSPS) is 20.4. The third-order valence-electron chi connectivity index (χ3n) is 14.8. The summed E-state index contributed by atoms with van der Waals surface area (Å²) in [4.78, 5) is 176. The Hall–Kier alpha value is -7.13. The molecule has 32 nitrogen and oxygen atoms in total. The first-order valence-electron chi connectivity index (χ1n) is 28.3. The lowest BCUT2D eigenvalue weighted by Gasteiger charge is -2.31. The fraction of sp³-hybridized carbons (Fsp3) is 0.750. The fourth-order valence-corrected chi connectivity index (χ4v) is 9.88. The molecule has 3 aliphatic rings. The Balaban J connectivity index is 1.69. The van der Waals surface area contributed by atoms with Gasteiger partial charge in [-0.1, -0.05) is 27.7 Å². The van der Waals surface area contributed by atoms with Crippen molar-refractivity contribution >= 4 is 76.9 Å². The maximum atomic E-state index is 14.0. The summed E-state index contributed by atoms with van der Waals surface area (Å²) in [6.07, 6.45) is -0.424. The van der Waals surface area contributed by atoms with Gasteiger partial charge in [-0.05, 0) is 96.4 Å². The number of carboxylic acids is 2. The first-order chi connectivity index (χ1) is 39.5. The predicted molar refractivity (Wildman–Crippen MR) is 293 cm³/mol. The minimum absolute atomic E-state index is 0.0139. The maximum absolute atomic E-state index is 14.0. The molecule has 84 heavy (non-hydrogen) atoms. The number of carboxylic acid groups (broad SMARTS) is 2. The molecule has 0 spiro atoms. The summed E-state index contributed by atoms with van der Waals surface area (Å²) in [7, 11) is 0. The van der Waals surface area contributed by atoms with Gasteiger partial charge < -0.3 is 99.3 Å². The minimum atomic E-state index is -1.68. The van der Waals surface area contributed by atoms with E-state index in [0.29, 0.717) is 12.8 Å². The predicted octanol–water partition coefficient (Wildman–Crippen LogP) is -7.07. The Kier molecular flexibility index (Phi) is 28.8. The minimum Gasteiger partial charge on any atom is -0.481 e. The first kappa shape index (κ1) is 71.1. The average molecular weight is 1200 g/mol. The first-order valence-corrected chi connectivity index (χ1v) is 28.3. The van der Waals surface area contributed by atoms with Gasteiger partial charge in [0, 0.05) is 26.1 Å². The van der Waals surface area contributed by atoms with Crippen molar-refractivity contribution in [2.24, 2.45) is 23.3 Å². The number of carbonyl (C=O) groups is 13. The number of aliphatic carboxylic acids is 2. The van der Waals surface area contributed by atoms with Gasteiger partial charge in [-0.3, -0.25) is 57.5 Å². The Morgan fingerprint density at radius 1 is 0.476 bits per heavy atom. The molecule has 3 saturated heterocycles. The zero-order chi connectivity index (χ0) is 63.3. The van der Waals surface area contributed by atoms with E-state index in [1.54, 1.807) is 13.8 Å². The molecule has 0 aromatic heterocycles. The number of amides is 11. The van der Waals surface area contributed by atoms with Crippen molar-refractivity contribution in [1.82, 2.24) is 57.2 Å². The van der Waals surface area contributed by atoms with E-state index in [1.165, 1.54) is 27.7 Å². The van der Waals surface area contributed by atoms with Crippen LogP contribution in [0.3, 0.4) is 0 Å². The summed E-state index contributed by atoms with van der Waals surface area (Å²) in [5.41, 5.74) is 11.4. The number of rotatable bonds is 33. The monoisotopic (exact) mass is 1200 g/mol. The van der Waals surface area contributed by atoms with E-state index >= 15 is 0 Å². The van der Waals surface area contributed by atoms with E-state index in [2.05, 4.69) is 42.5 Å². The van der Waals surface area contributed by atoms with Crippen LogP contribution >= 0.6 is 0 Å². The molecule has 3 fully saturated rings. The highest BCUT2D eigenvalue weighted by Gasteiger charge is 2.44. The van der Waals surface area contributed by atoms with Crippen LogP contribution in [0, 0.1) is 11.8 Å². The van der Waals surface area contributed by atoms with Crippen LogP contribution in [0.4, 0.5) is 0 Å². The van der Waals surface area contributed by atoms with Gasteiger partial charge in [0.25, 0.3) is 0 Å². The Bertz CT molecular complexity index is 2360. The average Bonchev–Trinajstić information content (AvgIpc) is 4.43. The molecule has 474 valence electrons. The summed E-state index contributed by atoms with van der Waals surface area (Å²) in [6.45, 7) is 6.14. The molecule has 3 rings (SSSR count). The lowest BCUT2D eigenvalue weighted by Crippen LogP contribution is -2.61. The van der Waals surface area contributed by atoms with E-state index in [9.17, 15) is 93.0 Å². The van der Waals surface area contributed by atoms with Gasteiger partial charge in [-0.2, -0.15) is 0 Å². The molecular weight excluding hydrogens is 1110 g/mol. The molecule has 0 aromatic carbocycles. The van der Waals surface area contributed by atoms with Crippen molar-refractivity contribution in [3.05, 3.63) is 0 Å². The second kappa shape index (κ2) is 34.0. The summed E-state index contributed by atoms with van der Waals surface area (Å²) in [5, 5.41) is 79.0. The smallest absolute Gasteiger partial charge is 0.326 e. The van der Waals surface area contributed by atoms with Crippen molar-refractivity contribution in [1.29, 1.82) is 0 Å². The number of aliphatic hydroxyl groups excluding tert-OH is 4. The van der Waals surface area contributed by atoms with Crippen molar-refractivity contribution in [3.63, 3.8) is 0 Å². The van der Waals surface area contributed by atoms with Crippen molar-refractivity contribution in [2.75, 3.05) is 46.0 Å². The largest absolute Gasteiger partial charge is 0.481 e. The van der Waals surface area contributed by atoms with Crippen molar-refractivity contribution in [3.8, 4) is 0 Å². The van der Waals surface area contributed by atoms with Gasteiger partial charge in [0.05, 0.1) is 25.9 Å². The number of carbonyl (C=O) groups excluding carboxylic acids is 11. The van der Waals surface area contributed by atoms with Gasteiger partial charge in [-0.15, -0.1) is 0 Å². The lowest BCUT2D eigenvalue weighted by atomic mass is 10.0. The third kappa shape index (κ3) is 20.0. The fourth-order valence-electron chi connectivity index (χ4n) is 9.88. The highest BCUT2D eigenvalue weighted by atomic mass is 16.4. The molecule has 18 N–H and O–H groups in total. The topological polar surface area (TPSA) is 501 Å². The van der Waals surface area contributed by atoms with E-state index < -0.39 is 200 Å². The molecule has 32 heteroatoms. The van der Waals surface area contributed by atoms with Crippen LogP contribution in [-0.4, -0.2) is 247 Å². The molecule has 13 atom stereocenters. The van der Waals surface area contributed by atoms with Crippen LogP contribution in [0.15, 0.2) is 0 Å². The SMILES string of the molecule is CC(C)[C@H](NC(=O)[C@@H]1CCCN1C(=O)[C@H](CO)NC(=O)[C@H](C)NC(=O)[C@@H]1CCCN1C(=O)[C@H](CO)NC(=O)[C@H](CCCCN)NC(=O)[C@@H]1CCCN1C(=O)[C@H](CO)NC(=O)[C@@H](NC(=O)[C@H](CCC(=O)O)NC(=O)[C@@H](N)[C@@H](C)O)C(C)C)C(=O)O. The Labute approximate surface area is 486 Å². The van der Waals surface area contributed by atoms with Crippen LogP contribution in [0.1, 0.15) is 112 Å². The molecule has 0 aromatic rings. The molecule has 0 saturated carbocycles. The summed E-state index contributed by atoms with van der Waals surface area (Å²) >= 11 is 0.